The SMILES string of the molecule is COC(=O)C1C(C)(C)C1(Cl)C1=CC=CCS1. The minimum Gasteiger partial charge on any atom is -0.469 e. The van der Waals surface area contributed by atoms with Crippen LogP contribution in [0.1, 0.15) is 13.8 Å². The predicted octanol–water partition coefficient (Wildman–Crippen LogP) is 2.98. The molecular weight excluding hydrogens is 244 g/mol. The summed E-state index contributed by atoms with van der Waals surface area (Å²) in [7, 11) is 1.41. The van der Waals surface area contributed by atoms with E-state index in [1.54, 1.807) is 11.8 Å². The van der Waals surface area contributed by atoms with Gasteiger partial charge in [0.05, 0.1) is 17.9 Å². The molecule has 1 saturated carbocycles. The fraction of sp³-hybridized carbons (Fsp3) is 0.583. The molecule has 4 heteroatoms. The fourth-order valence-corrected chi connectivity index (χ4v) is 4.16. The van der Waals surface area contributed by atoms with Crippen LogP contribution in [0.4, 0.5) is 0 Å². The maximum absolute atomic E-state index is 11.7. The lowest BCUT2D eigenvalue weighted by Crippen LogP contribution is -2.14. The lowest BCUT2D eigenvalue weighted by molar-refractivity contribution is -0.143. The number of halogens is 1. The van der Waals surface area contributed by atoms with E-state index >= 15 is 0 Å². The Morgan fingerprint density at radius 1 is 1.62 bits per heavy atom. The first kappa shape index (κ1) is 12.1. The van der Waals surface area contributed by atoms with Crippen molar-refractivity contribution < 1.29 is 9.53 Å². The minimum absolute atomic E-state index is 0.212. The first-order valence-corrected chi connectivity index (χ1v) is 6.59. The van der Waals surface area contributed by atoms with E-state index in [0.717, 1.165) is 10.7 Å². The monoisotopic (exact) mass is 258 g/mol. The topological polar surface area (TPSA) is 26.3 Å². The fourth-order valence-electron chi connectivity index (χ4n) is 2.37. The summed E-state index contributed by atoms with van der Waals surface area (Å²) >= 11 is 8.33. The summed E-state index contributed by atoms with van der Waals surface area (Å²) in [6, 6.07) is 0. The Morgan fingerprint density at radius 2 is 2.31 bits per heavy atom. The largest absolute Gasteiger partial charge is 0.469 e. The van der Waals surface area contributed by atoms with Gasteiger partial charge in [0.1, 0.15) is 0 Å². The molecule has 0 bridgehead atoms. The predicted molar refractivity (Wildman–Crippen MR) is 67.6 cm³/mol. The van der Waals surface area contributed by atoms with Gasteiger partial charge in [-0.1, -0.05) is 32.1 Å². The summed E-state index contributed by atoms with van der Waals surface area (Å²) in [6.45, 7) is 4.03. The van der Waals surface area contributed by atoms with Crippen molar-refractivity contribution in [3.05, 3.63) is 23.1 Å². The van der Waals surface area contributed by atoms with Crippen molar-refractivity contribution in [2.75, 3.05) is 12.9 Å². The zero-order chi connectivity index (χ0) is 12.0. The summed E-state index contributed by atoms with van der Waals surface area (Å²) in [5, 5.41) is 0. The number of alkyl halides is 1. The molecule has 1 fully saturated rings. The van der Waals surface area contributed by atoms with E-state index in [0.29, 0.717) is 0 Å². The molecule has 2 aliphatic rings. The number of carbonyl (C=O) groups excluding carboxylic acids is 1. The smallest absolute Gasteiger partial charge is 0.311 e. The molecule has 0 spiro atoms. The van der Waals surface area contributed by atoms with Crippen molar-refractivity contribution in [1.82, 2.24) is 0 Å². The highest BCUT2D eigenvalue weighted by atomic mass is 35.5. The van der Waals surface area contributed by atoms with Crippen LogP contribution in [0.2, 0.25) is 0 Å². The number of methoxy groups -OCH3 is 1. The molecule has 1 aliphatic carbocycles. The van der Waals surface area contributed by atoms with Gasteiger partial charge in [0.25, 0.3) is 0 Å². The molecular formula is C12H15ClO2S. The molecule has 2 rings (SSSR count). The van der Waals surface area contributed by atoms with Crippen molar-refractivity contribution in [3.63, 3.8) is 0 Å². The molecule has 1 heterocycles. The molecule has 2 unspecified atom stereocenters. The number of rotatable bonds is 2. The van der Waals surface area contributed by atoms with E-state index in [4.69, 9.17) is 16.3 Å². The molecule has 0 aromatic carbocycles. The zero-order valence-electron chi connectivity index (χ0n) is 9.62. The minimum atomic E-state index is -0.574. The second kappa shape index (κ2) is 3.81. The summed E-state index contributed by atoms with van der Waals surface area (Å²) in [4.78, 5) is 12.2. The van der Waals surface area contributed by atoms with Crippen molar-refractivity contribution in [3.8, 4) is 0 Å². The average molecular weight is 259 g/mol. The molecule has 0 amide bonds. The van der Waals surface area contributed by atoms with Gasteiger partial charge in [0.2, 0.25) is 0 Å². The lowest BCUT2D eigenvalue weighted by atomic mass is 10.1. The van der Waals surface area contributed by atoms with E-state index in [2.05, 4.69) is 6.08 Å². The van der Waals surface area contributed by atoms with Gasteiger partial charge >= 0.3 is 5.97 Å². The van der Waals surface area contributed by atoms with Gasteiger partial charge in [-0.25, -0.2) is 0 Å². The van der Waals surface area contributed by atoms with Crippen LogP contribution in [0.5, 0.6) is 0 Å². The molecule has 1 aliphatic heterocycles. The molecule has 2 atom stereocenters. The van der Waals surface area contributed by atoms with E-state index in [-0.39, 0.29) is 17.3 Å². The average Bonchev–Trinajstić information content (AvgIpc) is 2.75. The van der Waals surface area contributed by atoms with Crippen LogP contribution in [0.3, 0.4) is 0 Å². The summed E-state index contributed by atoms with van der Waals surface area (Å²) in [6.07, 6.45) is 6.08. The third kappa shape index (κ3) is 1.45. The Balaban J connectivity index is 2.30. The molecule has 0 N–H and O–H groups in total. The van der Waals surface area contributed by atoms with E-state index in [9.17, 15) is 4.79 Å². The van der Waals surface area contributed by atoms with Gasteiger partial charge in [-0.15, -0.1) is 23.4 Å². The third-order valence-corrected chi connectivity index (χ3v) is 5.64. The lowest BCUT2D eigenvalue weighted by Gasteiger charge is -2.17. The molecule has 2 nitrogen and oxygen atoms in total. The van der Waals surface area contributed by atoms with Gasteiger partial charge in [-0.05, 0) is 0 Å². The number of allylic oxidation sites excluding steroid dienone is 3. The van der Waals surface area contributed by atoms with Gasteiger partial charge in [-0.2, -0.15) is 0 Å². The van der Waals surface area contributed by atoms with E-state index < -0.39 is 4.87 Å². The second-order valence-corrected chi connectivity index (χ2v) is 6.32. The maximum atomic E-state index is 11.7. The molecule has 0 saturated heterocycles. The highest BCUT2D eigenvalue weighted by Gasteiger charge is 2.76. The summed E-state index contributed by atoms with van der Waals surface area (Å²) in [5.41, 5.74) is -0.230. The zero-order valence-corrected chi connectivity index (χ0v) is 11.2. The van der Waals surface area contributed by atoms with Crippen molar-refractivity contribution in [2.45, 2.75) is 18.7 Å². The number of esters is 1. The van der Waals surface area contributed by atoms with Gasteiger partial charge < -0.3 is 4.74 Å². The number of hydrogen-bond donors (Lipinski definition) is 0. The van der Waals surface area contributed by atoms with Crippen molar-refractivity contribution >= 4 is 29.3 Å². The van der Waals surface area contributed by atoms with Crippen molar-refractivity contribution in [1.29, 1.82) is 0 Å². The first-order valence-electron chi connectivity index (χ1n) is 5.23. The van der Waals surface area contributed by atoms with Crippen LogP contribution in [0.15, 0.2) is 23.1 Å². The highest BCUT2D eigenvalue weighted by Crippen LogP contribution is 2.71. The van der Waals surface area contributed by atoms with Gasteiger partial charge in [-0.3, -0.25) is 4.79 Å². The first-order chi connectivity index (χ1) is 7.46. The summed E-state index contributed by atoms with van der Waals surface area (Å²) < 4.78 is 4.82. The molecule has 88 valence electrons. The second-order valence-electron chi connectivity index (χ2n) is 4.66. The van der Waals surface area contributed by atoms with Crippen LogP contribution in [0, 0.1) is 11.3 Å². The molecule has 0 aromatic heterocycles. The van der Waals surface area contributed by atoms with Crippen LogP contribution in [0.25, 0.3) is 0 Å². The number of thioether (sulfide) groups is 1. The highest BCUT2D eigenvalue weighted by molar-refractivity contribution is 8.03. The number of carbonyl (C=O) groups is 1. The van der Waals surface area contributed by atoms with Crippen molar-refractivity contribution in [2.24, 2.45) is 11.3 Å². The number of hydrogen-bond acceptors (Lipinski definition) is 3. The Morgan fingerprint density at radius 3 is 2.81 bits per heavy atom. The standard InChI is InChI=1S/C12H15ClO2S/c1-11(2)9(10(14)15-3)12(11,13)8-6-4-5-7-16-8/h4-6,9H,7H2,1-3H3. The molecule has 0 radical (unpaired) electrons. The van der Waals surface area contributed by atoms with Gasteiger partial charge in [0, 0.05) is 16.1 Å². The van der Waals surface area contributed by atoms with Crippen LogP contribution >= 0.6 is 23.4 Å². The molecule has 0 aromatic rings. The Bertz CT molecular complexity index is 386. The Labute approximate surface area is 105 Å². The van der Waals surface area contributed by atoms with Crippen LogP contribution < -0.4 is 0 Å². The van der Waals surface area contributed by atoms with Crippen LogP contribution in [-0.2, 0) is 9.53 Å². The quantitative estimate of drug-likeness (QED) is 0.563. The third-order valence-electron chi connectivity index (χ3n) is 3.49. The summed E-state index contributed by atoms with van der Waals surface area (Å²) in [5.74, 6) is 0.470. The van der Waals surface area contributed by atoms with Gasteiger partial charge in [0.15, 0.2) is 0 Å². The van der Waals surface area contributed by atoms with E-state index in [1.165, 1.54) is 7.11 Å². The normalized spacial score (nSPS) is 35.5. The number of ether oxygens (including phenoxy) is 1. The Kier molecular flexibility index (Phi) is 2.87. The maximum Gasteiger partial charge on any atom is 0.311 e. The Hall–Kier alpha value is -0.410. The van der Waals surface area contributed by atoms with Crippen LogP contribution in [-0.4, -0.2) is 23.7 Å². The molecule has 16 heavy (non-hydrogen) atoms. The van der Waals surface area contributed by atoms with E-state index in [1.807, 2.05) is 26.0 Å².